The fourth-order valence-electron chi connectivity index (χ4n) is 2.86. The van der Waals surface area contributed by atoms with E-state index < -0.39 is 0 Å². The molecule has 0 aliphatic carbocycles. The summed E-state index contributed by atoms with van der Waals surface area (Å²) in [5.74, 6) is 0. The van der Waals surface area contributed by atoms with E-state index in [2.05, 4.69) is 5.10 Å². The highest BCUT2D eigenvalue weighted by molar-refractivity contribution is 5.80. The largest absolute Gasteiger partial charge is 0.293 e. The van der Waals surface area contributed by atoms with Crippen LogP contribution in [0.25, 0.3) is 28.0 Å². The Kier molecular flexibility index (Phi) is 3.08. The number of aryl methyl sites for hydroxylation is 1. The predicted molar refractivity (Wildman–Crippen MR) is 91.4 cm³/mol. The highest BCUT2D eigenvalue weighted by Crippen LogP contribution is 2.27. The monoisotopic (exact) mass is 301 g/mol. The molecule has 0 aliphatic heterocycles. The zero-order valence-electron chi connectivity index (χ0n) is 12.7. The highest BCUT2D eigenvalue weighted by atomic mass is 16.1. The molecule has 0 unspecified atom stereocenters. The fraction of sp³-hybridized carbons (Fsp3) is 0.0526. The average molecular weight is 301 g/mol. The van der Waals surface area contributed by atoms with Gasteiger partial charge in [0.15, 0.2) is 5.65 Å². The molecule has 2 aromatic carbocycles. The molecule has 0 radical (unpaired) electrons. The van der Waals surface area contributed by atoms with E-state index in [0.29, 0.717) is 11.3 Å². The number of nitrogens with zero attached hydrogens (tertiary/aromatic N) is 2. The summed E-state index contributed by atoms with van der Waals surface area (Å²) in [6.45, 7) is 1.96. The predicted octanol–water partition coefficient (Wildman–Crippen LogP) is 3.67. The number of hydrogen-bond acceptors (Lipinski definition) is 2. The van der Waals surface area contributed by atoms with Crippen LogP contribution in [0.3, 0.4) is 0 Å². The minimum absolute atomic E-state index is 0.112. The Morgan fingerprint density at radius 3 is 2.17 bits per heavy atom. The van der Waals surface area contributed by atoms with Gasteiger partial charge in [-0.3, -0.25) is 9.89 Å². The smallest absolute Gasteiger partial charge is 0.273 e. The van der Waals surface area contributed by atoms with Gasteiger partial charge in [0.25, 0.3) is 5.56 Å². The van der Waals surface area contributed by atoms with Gasteiger partial charge in [-0.1, -0.05) is 60.7 Å². The van der Waals surface area contributed by atoms with Crippen LogP contribution in [0.15, 0.2) is 71.5 Å². The molecule has 4 nitrogen and oxygen atoms in total. The van der Waals surface area contributed by atoms with Crippen molar-refractivity contribution in [1.29, 1.82) is 0 Å². The average Bonchev–Trinajstić information content (AvgIpc) is 2.93. The molecule has 0 saturated carbocycles. The van der Waals surface area contributed by atoms with Crippen molar-refractivity contribution < 1.29 is 0 Å². The topological polar surface area (TPSA) is 50.2 Å². The van der Waals surface area contributed by atoms with Crippen LogP contribution >= 0.6 is 0 Å². The summed E-state index contributed by atoms with van der Waals surface area (Å²) in [5, 5.41) is 3.11. The van der Waals surface area contributed by atoms with Crippen LogP contribution in [0.2, 0.25) is 0 Å². The first-order chi connectivity index (χ1) is 11.2. The molecule has 1 N–H and O–H groups in total. The number of H-pyrrole nitrogens is 1. The van der Waals surface area contributed by atoms with Crippen LogP contribution in [0.4, 0.5) is 0 Å². The summed E-state index contributed by atoms with van der Waals surface area (Å²) in [6, 6.07) is 21.3. The zero-order chi connectivity index (χ0) is 15.8. The number of nitrogens with one attached hydrogen (secondary N) is 1. The van der Waals surface area contributed by atoms with Crippen LogP contribution in [-0.2, 0) is 0 Å². The Morgan fingerprint density at radius 1 is 0.913 bits per heavy atom. The SMILES string of the molecule is Cc1[nH]n2c(=O)cc(-c3ccccc3)nc2c1-c1ccccc1. The van der Waals surface area contributed by atoms with Gasteiger partial charge in [0, 0.05) is 22.9 Å². The summed E-state index contributed by atoms with van der Waals surface area (Å²) in [5.41, 5.74) is 5.09. The molecule has 0 saturated heterocycles. The summed E-state index contributed by atoms with van der Waals surface area (Å²) in [6.07, 6.45) is 0. The van der Waals surface area contributed by atoms with Gasteiger partial charge in [-0.05, 0) is 12.5 Å². The maximum atomic E-state index is 12.5. The summed E-state index contributed by atoms with van der Waals surface area (Å²) in [4.78, 5) is 17.2. The lowest BCUT2D eigenvalue weighted by molar-refractivity contribution is 0.882. The number of fused-ring (bicyclic) bond motifs is 1. The fourth-order valence-corrected chi connectivity index (χ4v) is 2.86. The Balaban J connectivity index is 2.04. The van der Waals surface area contributed by atoms with Gasteiger partial charge in [0.2, 0.25) is 0 Å². The van der Waals surface area contributed by atoms with E-state index in [1.54, 1.807) is 6.07 Å². The van der Waals surface area contributed by atoms with Crippen molar-refractivity contribution in [3.05, 3.63) is 82.8 Å². The van der Waals surface area contributed by atoms with E-state index in [4.69, 9.17) is 4.98 Å². The first kappa shape index (κ1) is 13.5. The number of hydrogen-bond donors (Lipinski definition) is 1. The van der Waals surface area contributed by atoms with E-state index in [0.717, 1.165) is 22.4 Å². The van der Waals surface area contributed by atoms with Crippen molar-refractivity contribution >= 4 is 5.65 Å². The van der Waals surface area contributed by atoms with Crippen molar-refractivity contribution in [3.63, 3.8) is 0 Å². The lowest BCUT2D eigenvalue weighted by Gasteiger charge is -2.03. The van der Waals surface area contributed by atoms with Crippen molar-refractivity contribution in [1.82, 2.24) is 14.6 Å². The molecule has 0 fully saturated rings. The van der Waals surface area contributed by atoms with Gasteiger partial charge in [0.05, 0.1) is 5.69 Å². The lowest BCUT2D eigenvalue weighted by Crippen LogP contribution is -2.14. The second kappa shape index (κ2) is 5.25. The molecule has 4 aromatic rings. The second-order valence-corrected chi connectivity index (χ2v) is 5.48. The van der Waals surface area contributed by atoms with Crippen LogP contribution < -0.4 is 5.56 Å². The van der Waals surface area contributed by atoms with Gasteiger partial charge in [-0.15, -0.1) is 0 Å². The zero-order valence-corrected chi connectivity index (χ0v) is 12.7. The molecule has 0 spiro atoms. The molecule has 0 atom stereocenters. The molecule has 4 heteroatoms. The summed E-state index contributed by atoms with van der Waals surface area (Å²) < 4.78 is 1.50. The molecule has 4 rings (SSSR count). The van der Waals surface area contributed by atoms with Crippen LogP contribution in [-0.4, -0.2) is 14.6 Å². The van der Waals surface area contributed by atoms with Gasteiger partial charge in [-0.25, -0.2) is 9.50 Å². The minimum atomic E-state index is -0.112. The van der Waals surface area contributed by atoms with E-state index in [1.807, 2.05) is 67.6 Å². The van der Waals surface area contributed by atoms with E-state index in [1.165, 1.54) is 4.52 Å². The highest BCUT2D eigenvalue weighted by Gasteiger charge is 2.14. The molecule has 112 valence electrons. The third-order valence-corrected chi connectivity index (χ3v) is 3.93. The maximum Gasteiger partial charge on any atom is 0.273 e. The Hall–Kier alpha value is -3.14. The number of aromatic nitrogens is 3. The Bertz CT molecular complexity index is 1030. The lowest BCUT2D eigenvalue weighted by atomic mass is 10.1. The van der Waals surface area contributed by atoms with Gasteiger partial charge in [-0.2, -0.15) is 0 Å². The summed E-state index contributed by atoms with van der Waals surface area (Å²) >= 11 is 0. The molecule has 0 amide bonds. The minimum Gasteiger partial charge on any atom is -0.293 e. The van der Waals surface area contributed by atoms with Gasteiger partial charge >= 0.3 is 0 Å². The Morgan fingerprint density at radius 2 is 1.52 bits per heavy atom. The molecule has 2 aromatic heterocycles. The van der Waals surface area contributed by atoms with Crippen LogP contribution in [0, 0.1) is 6.92 Å². The second-order valence-electron chi connectivity index (χ2n) is 5.48. The molecular formula is C19H15N3O. The molecular weight excluding hydrogens is 286 g/mol. The number of rotatable bonds is 2. The summed E-state index contributed by atoms with van der Waals surface area (Å²) in [7, 11) is 0. The van der Waals surface area contributed by atoms with Crippen LogP contribution in [0.1, 0.15) is 5.69 Å². The third kappa shape index (κ3) is 2.25. The molecule has 23 heavy (non-hydrogen) atoms. The molecule has 0 bridgehead atoms. The Labute approximate surface area is 133 Å². The maximum absolute atomic E-state index is 12.5. The first-order valence-corrected chi connectivity index (χ1v) is 7.47. The quantitative estimate of drug-likeness (QED) is 0.614. The number of benzene rings is 2. The number of aromatic amines is 1. The van der Waals surface area contributed by atoms with E-state index in [-0.39, 0.29) is 5.56 Å². The van der Waals surface area contributed by atoms with Crippen LogP contribution in [0.5, 0.6) is 0 Å². The van der Waals surface area contributed by atoms with Crippen molar-refractivity contribution in [3.8, 4) is 22.4 Å². The third-order valence-electron chi connectivity index (χ3n) is 3.93. The molecule has 0 aliphatic rings. The molecule has 2 heterocycles. The van der Waals surface area contributed by atoms with Crippen molar-refractivity contribution in [2.75, 3.05) is 0 Å². The van der Waals surface area contributed by atoms with E-state index >= 15 is 0 Å². The normalized spacial score (nSPS) is 11.0. The standard InChI is InChI=1S/C19H15N3O/c1-13-18(15-10-6-3-7-11-15)19-20-16(12-17(23)22(19)21-13)14-8-4-2-5-9-14/h2-12,21H,1H3. The first-order valence-electron chi connectivity index (χ1n) is 7.47. The van der Waals surface area contributed by atoms with Gasteiger partial charge < -0.3 is 0 Å². The van der Waals surface area contributed by atoms with E-state index in [9.17, 15) is 4.79 Å². The van der Waals surface area contributed by atoms with Crippen molar-refractivity contribution in [2.24, 2.45) is 0 Å². The van der Waals surface area contributed by atoms with Gasteiger partial charge in [0.1, 0.15) is 0 Å². The van der Waals surface area contributed by atoms with Crippen molar-refractivity contribution in [2.45, 2.75) is 6.92 Å².